The minimum Gasteiger partial charge on any atom is -0.348 e. The molecule has 4 aromatic rings. The van der Waals surface area contributed by atoms with Crippen LogP contribution in [0.15, 0.2) is 52.6 Å². The van der Waals surface area contributed by atoms with Crippen LogP contribution in [0.25, 0.3) is 21.6 Å². The number of nitrogens with zero attached hydrogens (tertiary/aromatic N) is 4. The molecule has 0 aliphatic carbocycles. The van der Waals surface area contributed by atoms with Gasteiger partial charge in [0, 0.05) is 19.1 Å². The van der Waals surface area contributed by atoms with Gasteiger partial charge in [0.15, 0.2) is 0 Å². The highest BCUT2D eigenvalue weighted by Gasteiger charge is 2.24. The number of rotatable bonds is 4. The summed E-state index contributed by atoms with van der Waals surface area (Å²) < 4.78 is 1.67. The minimum atomic E-state index is -0.144. The van der Waals surface area contributed by atoms with Gasteiger partial charge in [-0.25, -0.2) is 4.98 Å². The average molecular weight is 467 g/mol. The van der Waals surface area contributed by atoms with E-state index in [0.717, 1.165) is 35.5 Å². The Morgan fingerprint density at radius 2 is 2.12 bits per heavy atom. The first-order chi connectivity index (χ1) is 15.1. The number of fused-ring (bicyclic) bond motifs is 1. The molecule has 0 unspecified atom stereocenters. The highest BCUT2D eigenvalue weighted by molar-refractivity contribution is 7.13. The van der Waals surface area contributed by atoms with Gasteiger partial charge in [-0.2, -0.15) is 5.26 Å². The number of hydrogen-bond acceptors (Lipinski definition) is 6. The zero-order valence-corrected chi connectivity index (χ0v) is 19.0. The summed E-state index contributed by atoms with van der Waals surface area (Å²) in [6.45, 7) is 1.73. The summed E-state index contributed by atoms with van der Waals surface area (Å²) in [7, 11) is 0. The third kappa shape index (κ3) is 4.02. The molecule has 0 bridgehead atoms. The van der Waals surface area contributed by atoms with Gasteiger partial charge in [-0.15, -0.1) is 23.7 Å². The van der Waals surface area contributed by atoms with Gasteiger partial charge in [0.05, 0.1) is 34.3 Å². The van der Waals surface area contributed by atoms with Crippen molar-refractivity contribution in [3.05, 3.63) is 69.3 Å². The van der Waals surface area contributed by atoms with Crippen molar-refractivity contribution in [3.63, 3.8) is 0 Å². The van der Waals surface area contributed by atoms with E-state index >= 15 is 0 Å². The number of piperidine rings is 1. The molecule has 1 saturated heterocycles. The van der Waals surface area contributed by atoms with Crippen LogP contribution in [-0.2, 0) is 6.54 Å². The summed E-state index contributed by atoms with van der Waals surface area (Å²) in [5.74, 6) is 0.608. The number of nitriles is 1. The van der Waals surface area contributed by atoms with Crippen molar-refractivity contribution >= 4 is 40.7 Å². The van der Waals surface area contributed by atoms with Gasteiger partial charge in [0.25, 0.3) is 5.56 Å². The van der Waals surface area contributed by atoms with Crippen LogP contribution in [0.1, 0.15) is 24.0 Å². The van der Waals surface area contributed by atoms with Crippen LogP contribution in [0.4, 0.5) is 5.95 Å². The van der Waals surface area contributed by atoms with E-state index < -0.39 is 0 Å². The largest absolute Gasteiger partial charge is 0.348 e. The Morgan fingerprint density at radius 1 is 1.28 bits per heavy atom. The van der Waals surface area contributed by atoms with Crippen LogP contribution in [0, 0.1) is 11.3 Å². The van der Waals surface area contributed by atoms with Crippen LogP contribution in [0.3, 0.4) is 0 Å². The predicted molar refractivity (Wildman–Crippen MR) is 131 cm³/mol. The summed E-state index contributed by atoms with van der Waals surface area (Å²) in [6, 6.07) is 15.6. The number of H-pyrrole nitrogens is 1. The third-order valence-electron chi connectivity index (χ3n) is 5.71. The van der Waals surface area contributed by atoms with Crippen LogP contribution in [0.2, 0.25) is 0 Å². The molecule has 0 amide bonds. The Hall–Kier alpha value is -3.12. The summed E-state index contributed by atoms with van der Waals surface area (Å²) in [5.41, 5.74) is 9.43. The number of aromatic amines is 1. The van der Waals surface area contributed by atoms with E-state index in [-0.39, 0.29) is 30.6 Å². The van der Waals surface area contributed by atoms with Gasteiger partial charge in [0.1, 0.15) is 5.52 Å². The molecular formula is C23H23ClN6OS. The minimum absolute atomic E-state index is 0. The summed E-state index contributed by atoms with van der Waals surface area (Å²) in [6.07, 6.45) is 1.92. The van der Waals surface area contributed by atoms with Crippen molar-refractivity contribution in [1.29, 1.82) is 5.26 Å². The molecule has 7 nitrogen and oxygen atoms in total. The number of thiophene rings is 1. The normalized spacial score (nSPS) is 16.0. The predicted octanol–water partition coefficient (Wildman–Crippen LogP) is 3.72. The third-order valence-corrected chi connectivity index (χ3v) is 6.61. The van der Waals surface area contributed by atoms with Gasteiger partial charge in [-0.05, 0) is 42.0 Å². The zero-order chi connectivity index (χ0) is 21.4. The van der Waals surface area contributed by atoms with Crippen molar-refractivity contribution < 1.29 is 0 Å². The molecule has 32 heavy (non-hydrogen) atoms. The molecule has 0 saturated carbocycles. The maximum absolute atomic E-state index is 13.6. The number of aromatic nitrogens is 3. The van der Waals surface area contributed by atoms with Crippen molar-refractivity contribution in [1.82, 2.24) is 14.5 Å². The Kier molecular flexibility index (Phi) is 6.33. The van der Waals surface area contributed by atoms with Crippen LogP contribution in [-0.4, -0.2) is 33.7 Å². The highest BCUT2D eigenvalue weighted by atomic mass is 35.5. The van der Waals surface area contributed by atoms with E-state index in [1.54, 1.807) is 22.0 Å². The second-order valence-electron chi connectivity index (χ2n) is 7.84. The molecule has 1 aliphatic heterocycles. The fraction of sp³-hybridized carbons (Fsp3) is 0.261. The second kappa shape index (κ2) is 9.17. The number of hydrogen-bond donors (Lipinski definition) is 2. The lowest BCUT2D eigenvalue weighted by Gasteiger charge is -2.33. The lowest BCUT2D eigenvalue weighted by molar-refractivity contribution is 0.492. The van der Waals surface area contributed by atoms with Crippen LogP contribution < -0.4 is 16.2 Å². The Bertz CT molecular complexity index is 1340. The van der Waals surface area contributed by atoms with E-state index in [2.05, 4.69) is 16.0 Å². The van der Waals surface area contributed by atoms with Gasteiger partial charge in [-0.3, -0.25) is 9.36 Å². The lowest BCUT2D eigenvalue weighted by atomic mass is 10.1. The molecule has 3 N–H and O–H groups in total. The number of benzene rings is 1. The van der Waals surface area contributed by atoms with Crippen molar-refractivity contribution in [3.8, 4) is 16.6 Å². The topological polar surface area (TPSA) is 104 Å². The zero-order valence-electron chi connectivity index (χ0n) is 17.3. The second-order valence-corrected chi connectivity index (χ2v) is 8.79. The first kappa shape index (κ1) is 22.1. The van der Waals surface area contributed by atoms with E-state index in [4.69, 9.17) is 10.7 Å². The molecule has 4 heterocycles. The number of nitrogens with two attached hydrogens (primary N) is 1. The van der Waals surface area contributed by atoms with E-state index in [9.17, 15) is 10.1 Å². The number of nitrogens with one attached hydrogen (secondary N) is 1. The fourth-order valence-electron chi connectivity index (χ4n) is 4.17. The Morgan fingerprint density at radius 3 is 2.88 bits per heavy atom. The fourth-order valence-corrected chi connectivity index (χ4v) is 4.86. The maximum Gasteiger partial charge on any atom is 0.279 e. The molecule has 1 fully saturated rings. The lowest BCUT2D eigenvalue weighted by Crippen LogP contribution is -2.45. The van der Waals surface area contributed by atoms with Crippen molar-refractivity contribution in [2.75, 3.05) is 18.0 Å². The maximum atomic E-state index is 13.6. The first-order valence-electron chi connectivity index (χ1n) is 10.3. The summed E-state index contributed by atoms with van der Waals surface area (Å²) >= 11 is 1.61. The van der Waals surface area contributed by atoms with Gasteiger partial charge >= 0.3 is 0 Å². The summed E-state index contributed by atoms with van der Waals surface area (Å²) in [5, 5.41) is 11.5. The monoisotopic (exact) mass is 466 g/mol. The van der Waals surface area contributed by atoms with Gasteiger partial charge in [0.2, 0.25) is 5.95 Å². The molecule has 0 radical (unpaired) electrons. The molecule has 5 rings (SSSR count). The number of anilines is 1. The van der Waals surface area contributed by atoms with Gasteiger partial charge < -0.3 is 15.6 Å². The first-order valence-corrected chi connectivity index (χ1v) is 11.2. The molecular weight excluding hydrogens is 444 g/mol. The van der Waals surface area contributed by atoms with E-state index in [1.807, 2.05) is 41.8 Å². The van der Waals surface area contributed by atoms with Crippen LogP contribution in [0.5, 0.6) is 0 Å². The van der Waals surface area contributed by atoms with E-state index in [0.29, 0.717) is 29.1 Å². The van der Waals surface area contributed by atoms with Crippen molar-refractivity contribution in [2.45, 2.75) is 25.4 Å². The molecule has 9 heteroatoms. The highest BCUT2D eigenvalue weighted by Crippen LogP contribution is 2.27. The SMILES string of the molecule is Cl.N#Cc1ccccc1Cn1c(N2CCC[C@@H](N)C2)nc2cc(-c3cccs3)[nH]c2c1=O. The number of halogens is 1. The smallest absolute Gasteiger partial charge is 0.279 e. The Labute approximate surface area is 195 Å². The standard InChI is InChI=1S/C23H22N6OS.ClH/c24-12-15-5-1-2-6-16(15)13-29-22(30)21-19(11-18(26-21)20-8-4-10-31-20)27-23(29)28-9-3-7-17(25)14-28;/h1-2,4-6,8,10-11,17,26H,3,7,9,13-14,25H2;1H/t17-;/m1./s1. The average Bonchev–Trinajstić information content (AvgIpc) is 3.46. The van der Waals surface area contributed by atoms with Crippen molar-refractivity contribution in [2.24, 2.45) is 5.73 Å². The molecule has 1 aliphatic rings. The summed E-state index contributed by atoms with van der Waals surface area (Å²) in [4.78, 5) is 24.9. The van der Waals surface area contributed by atoms with Crippen LogP contribution >= 0.6 is 23.7 Å². The molecule has 1 aromatic carbocycles. The van der Waals surface area contributed by atoms with E-state index in [1.165, 1.54) is 0 Å². The molecule has 164 valence electrons. The Balaban J connectivity index is 0.00000245. The quantitative estimate of drug-likeness (QED) is 0.477. The van der Waals surface area contributed by atoms with Gasteiger partial charge in [-0.1, -0.05) is 24.3 Å². The molecule has 0 spiro atoms. The molecule has 3 aromatic heterocycles. The molecule has 1 atom stereocenters.